The van der Waals surface area contributed by atoms with Crippen molar-refractivity contribution in [1.29, 1.82) is 0 Å². The average Bonchev–Trinajstić information content (AvgIpc) is 2.84. The number of benzene rings is 3. The molecule has 0 spiro atoms. The second-order valence-electron chi connectivity index (χ2n) is 7.33. The van der Waals surface area contributed by atoms with Gasteiger partial charge in [0.05, 0.1) is 24.2 Å². The summed E-state index contributed by atoms with van der Waals surface area (Å²) in [6.45, 7) is 0.307. The van der Waals surface area contributed by atoms with Crippen molar-refractivity contribution in [1.82, 2.24) is 0 Å². The van der Waals surface area contributed by atoms with E-state index in [4.69, 9.17) is 4.74 Å². The molecule has 0 saturated heterocycles. The lowest BCUT2D eigenvalue weighted by Crippen LogP contribution is -2.37. The van der Waals surface area contributed by atoms with Crippen molar-refractivity contribution in [2.45, 2.75) is 11.3 Å². The summed E-state index contributed by atoms with van der Waals surface area (Å²) >= 11 is 1.51. The van der Waals surface area contributed by atoms with Crippen LogP contribution in [0.1, 0.15) is 16.8 Å². The predicted octanol–water partition coefficient (Wildman–Crippen LogP) is 4.42. The smallest absolute Gasteiger partial charge is 0.255 e. The van der Waals surface area contributed by atoms with Gasteiger partial charge in [-0.15, -0.1) is 11.8 Å². The first-order valence-electron chi connectivity index (χ1n) is 10.4. The fraction of sp³-hybridized carbons (Fsp3) is 0.160. The van der Waals surface area contributed by atoms with Gasteiger partial charge in [-0.2, -0.15) is 0 Å². The summed E-state index contributed by atoms with van der Waals surface area (Å²) in [5, 5.41) is 5.64. The molecule has 0 aromatic heterocycles. The second-order valence-corrected chi connectivity index (χ2v) is 8.35. The zero-order valence-corrected chi connectivity index (χ0v) is 18.9. The molecule has 3 aromatic rings. The molecule has 3 amide bonds. The fourth-order valence-electron chi connectivity index (χ4n) is 3.48. The third kappa shape index (κ3) is 5.35. The van der Waals surface area contributed by atoms with Gasteiger partial charge in [0.2, 0.25) is 11.8 Å². The summed E-state index contributed by atoms with van der Waals surface area (Å²) in [7, 11) is 1.54. The van der Waals surface area contributed by atoms with Gasteiger partial charge in [0, 0.05) is 29.1 Å². The van der Waals surface area contributed by atoms with Crippen LogP contribution in [-0.2, 0) is 9.59 Å². The second kappa shape index (κ2) is 10.2. The van der Waals surface area contributed by atoms with Crippen molar-refractivity contribution >= 4 is 46.5 Å². The molecule has 0 atom stereocenters. The Morgan fingerprint density at radius 1 is 0.970 bits per heavy atom. The van der Waals surface area contributed by atoms with Gasteiger partial charge in [0.1, 0.15) is 5.75 Å². The third-order valence-electron chi connectivity index (χ3n) is 5.16. The van der Waals surface area contributed by atoms with E-state index in [-0.39, 0.29) is 24.1 Å². The molecule has 1 aliphatic heterocycles. The highest BCUT2D eigenvalue weighted by Gasteiger charge is 2.24. The Balaban J connectivity index is 1.33. The number of fused-ring (bicyclic) bond motifs is 1. The molecule has 0 bridgehead atoms. The van der Waals surface area contributed by atoms with Gasteiger partial charge < -0.3 is 20.3 Å². The highest BCUT2D eigenvalue weighted by Crippen LogP contribution is 2.34. The number of hydrogen-bond donors (Lipinski definition) is 2. The Morgan fingerprint density at radius 2 is 1.70 bits per heavy atom. The van der Waals surface area contributed by atoms with Crippen molar-refractivity contribution in [3.63, 3.8) is 0 Å². The van der Waals surface area contributed by atoms with E-state index in [2.05, 4.69) is 10.6 Å². The third-order valence-corrected chi connectivity index (χ3v) is 6.20. The first kappa shape index (κ1) is 22.4. The molecule has 0 unspecified atom stereocenters. The summed E-state index contributed by atoms with van der Waals surface area (Å²) in [6, 6.07) is 21.5. The van der Waals surface area contributed by atoms with Crippen LogP contribution in [0.5, 0.6) is 5.75 Å². The lowest BCUT2D eigenvalue weighted by atomic mass is 10.1. The van der Waals surface area contributed by atoms with Gasteiger partial charge >= 0.3 is 0 Å². The average molecular weight is 462 g/mol. The summed E-state index contributed by atoms with van der Waals surface area (Å²) in [4.78, 5) is 40.0. The number of methoxy groups -OCH3 is 1. The Kier molecular flexibility index (Phi) is 6.95. The van der Waals surface area contributed by atoms with Crippen LogP contribution in [0.3, 0.4) is 0 Å². The number of ether oxygens (including phenoxy) is 1. The lowest BCUT2D eigenvalue weighted by Gasteiger charge is -2.28. The minimum atomic E-state index is -0.280. The van der Waals surface area contributed by atoms with Crippen molar-refractivity contribution in [2.24, 2.45) is 0 Å². The quantitative estimate of drug-likeness (QED) is 0.544. The number of nitrogens with one attached hydrogen (secondary N) is 2. The molecule has 1 aliphatic rings. The Hall–Kier alpha value is -3.78. The van der Waals surface area contributed by atoms with Crippen molar-refractivity contribution < 1.29 is 19.1 Å². The van der Waals surface area contributed by atoms with Crippen molar-refractivity contribution in [3.05, 3.63) is 78.4 Å². The van der Waals surface area contributed by atoms with Crippen LogP contribution < -0.4 is 20.3 Å². The molecule has 168 valence electrons. The summed E-state index contributed by atoms with van der Waals surface area (Å²) in [5.74, 6) is 0.458. The molecule has 8 heteroatoms. The number of nitrogens with zero attached hydrogens (tertiary/aromatic N) is 1. The lowest BCUT2D eigenvalue weighted by molar-refractivity contribution is -0.117. The Morgan fingerprint density at radius 3 is 2.48 bits per heavy atom. The first-order chi connectivity index (χ1) is 16.0. The summed E-state index contributed by atoms with van der Waals surface area (Å²) in [5.41, 5.74) is 2.45. The SMILES string of the molecule is COc1ccccc1NC(=O)c1ccc(NC(=O)CCN2C(=O)CSc3ccccc32)cc1. The number of amides is 3. The highest BCUT2D eigenvalue weighted by molar-refractivity contribution is 8.00. The van der Waals surface area contributed by atoms with Crippen LogP contribution in [-0.4, -0.2) is 37.1 Å². The Labute approximate surface area is 196 Å². The number of carbonyl (C=O) groups excluding carboxylic acids is 3. The molecule has 0 aliphatic carbocycles. The van der Waals surface area contributed by atoms with E-state index in [0.29, 0.717) is 35.0 Å². The Bertz CT molecular complexity index is 1180. The molecule has 4 rings (SSSR count). The highest BCUT2D eigenvalue weighted by atomic mass is 32.2. The molecular weight excluding hydrogens is 438 g/mol. The van der Waals surface area contributed by atoms with E-state index >= 15 is 0 Å². The molecule has 33 heavy (non-hydrogen) atoms. The largest absolute Gasteiger partial charge is 0.495 e. The number of rotatable bonds is 7. The molecule has 1 heterocycles. The van der Waals surface area contributed by atoms with Gasteiger partial charge in [0.25, 0.3) is 5.91 Å². The summed E-state index contributed by atoms with van der Waals surface area (Å²) < 4.78 is 5.25. The van der Waals surface area contributed by atoms with Crippen LogP contribution in [0, 0.1) is 0 Å². The van der Waals surface area contributed by atoms with E-state index in [1.807, 2.05) is 36.4 Å². The van der Waals surface area contributed by atoms with E-state index in [9.17, 15) is 14.4 Å². The van der Waals surface area contributed by atoms with Gasteiger partial charge in [0.15, 0.2) is 0 Å². The van der Waals surface area contributed by atoms with E-state index < -0.39 is 0 Å². The predicted molar refractivity (Wildman–Crippen MR) is 130 cm³/mol. The maximum atomic E-state index is 12.5. The van der Waals surface area contributed by atoms with Crippen LogP contribution in [0.2, 0.25) is 0 Å². The van der Waals surface area contributed by atoms with Crippen LogP contribution in [0.15, 0.2) is 77.7 Å². The molecule has 0 radical (unpaired) electrons. The first-order valence-corrected chi connectivity index (χ1v) is 11.4. The normalized spacial score (nSPS) is 12.6. The monoisotopic (exact) mass is 461 g/mol. The van der Waals surface area contributed by atoms with Gasteiger partial charge in [-0.25, -0.2) is 0 Å². The topological polar surface area (TPSA) is 87.7 Å². The number of anilines is 3. The molecule has 3 aromatic carbocycles. The van der Waals surface area contributed by atoms with Crippen LogP contribution in [0.4, 0.5) is 17.1 Å². The molecule has 7 nitrogen and oxygen atoms in total. The zero-order valence-electron chi connectivity index (χ0n) is 18.0. The van der Waals surface area contributed by atoms with Crippen molar-refractivity contribution in [2.75, 3.05) is 34.9 Å². The van der Waals surface area contributed by atoms with Crippen LogP contribution >= 0.6 is 11.8 Å². The molecule has 0 fully saturated rings. The van der Waals surface area contributed by atoms with E-state index in [1.165, 1.54) is 11.8 Å². The maximum Gasteiger partial charge on any atom is 0.255 e. The standard InChI is InChI=1S/C25H23N3O4S/c1-32-21-8-4-2-6-19(21)27-25(31)17-10-12-18(13-11-17)26-23(29)14-15-28-20-7-3-5-9-22(20)33-16-24(28)30/h2-13H,14-16H2,1H3,(H,26,29)(H,27,31). The van der Waals surface area contributed by atoms with Gasteiger partial charge in [-0.05, 0) is 48.5 Å². The molecule has 0 saturated carbocycles. The minimum absolute atomic E-state index is 0.00286. The van der Waals surface area contributed by atoms with Crippen molar-refractivity contribution in [3.8, 4) is 5.75 Å². The number of hydrogen-bond acceptors (Lipinski definition) is 5. The zero-order chi connectivity index (χ0) is 23.2. The van der Waals surface area contributed by atoms with Crippen LogP contribution in [0.25, 0.3) is 0 Å². The maximum absolute atomic E-state index is 12.5. The fourth-order valence-corrected chi connectivity index (χ4v) is 4.42. The molecular formula is C25H23N3O4S. The number of para-hydroxylation sites is 3. The summed E-state index contributed by atoms with van der Waals surface area (Å²) in [6.07, 6.45) is 0.167. The van der Waals surface area contributed by atoms with E-state index in [1.54, 1.807) is 48.4 Å². The van der Waals surface area contributed by atoms with Gasteiger partial charge in [-0.3, -0.25) is 14.4 Å². The van der Waals surface area contributed by atoms with Gasteiger partial charge in [-0.1, -0.05) is 24.3 Å². The molecule has 2 N–H and O–H groups in total. The minimum Gasteiger partial charge on any atom is -0.495 e. The number of carbonyl (C=O) groups is 3. The van der Waals surface area contributed by atoms with E-state index in [0.717, 1.165) is 10.6 Å². The number of thioether (sulfide) groups is 1.